The van der Waals surface area contributed by atoms with Gasteiger partial charge in [-0.15, -0.1) is 0 Å². The van der Waals surface area contributed by atoms with Gasteiger partial charge in [0.15, 0.2) is 0 Å². The van der Waals surface area contributed by atoms with Crippen molar-refractivity contribution in [1.29, 1.82) is 0 Å². The average molecular weight is 927 g/mol. The Morgan fingerprint density at radius 1 is 0.486 bits per heavy atom. The lowest BCUT2D eigenvalue weighted by molar-refractivity contribution is 0.446. The first-order chi connectivity index (χ1) is 35.9. The SMILES string of the molecule is [2H]c1nc(-c2cc(-c3cccc4c3nc(-c3cc(C(C)(C)C)cc(C(C)(C)C)c3O)n4-c3cc(C)c(-c4ccccc4)cc3-c3ccc(C(C)(C)C)cc3)cc(C(C)(C)C)c2)c([2H])c(-c2c([2H])c([2H])c(C)c([2H])c2[2H])c1[2H]. The summed E-state index contributed by atoms with van der Waals surface area (Å²) in [6.45, 7) is 29.5. The molecule has 0 spiro atoms. The molecule has 70 heavy (non-hydrogen) atoms. The minimum Gasteiger partial charge on any atom is -0.507 e. The minimum absolute atomic E-state index is 0.0653. The Hall–Kier alpha value is -7.04. The number of aromatic hydroxyl groups is 1. The molecule has 4 nitrogen and oxygen atoms in total. The number of benzene rings is 7. The molecule has 354 valence electrons. The number of pyridine rings is 1. The van der Waals surface area contributed by atoms with Gasteiger partial charge in [-0.05, 0) is 140 Å². The lowest BCUT2D eigenvalue weighted by atomic mass is 9.79. The molecule has 0 radical (unpaired) electrons. The molecule has 4 heteroatoms. The zero-order chi connectivity index (χ0) is 56.2. The molecule has 7 aromatic carbocycles. The highest BCUT2D eigenvalue weighted by molar-refractivity contribution is 5.98. The zero-order valence-corrected chi connectivity index (χ0v) is 43.3. The first-order valence-corrected chi connectivity index (χ1v) is 24.3. The Kier molecular flexibility index (Phi) is 10.1. The van der Waals surface area contributed by atoms with E-state index in [-0.39, 0.29) is 69.2 Å². The Morgan fingerprint density at radius 2 is 1.11 bits per heavy atom. The van der Waals surface area contributed by atoms with E-state index in [0.717, 1.165) is 66.8 Å². The Morgan fingerprint density at radius 3 is 1.76 bits per heavy atom. The maximum atomic E-state index is 12.8. The molecule has 2 heterocycles. The van der Waals surface area contributed by atoms with Crippen LogP contribution in [0.3, 0.4) is 0 Å². The normalized spacial score (nSPS) is 13.9. The minimum atomic E-state index is -0.457. The van der Waals surface area contributed by atoms with E-state index in [0.29, 0.717) is 22.5 Å². The van der Waals surface area contributed by atoms with Crippen molar-refractivity contribution < 1.29 is 14.7 Å². The summed E-state index contributed by atoms with van der Waals surface area (Å²) in [7, 11) is 0. The molecule has 2 aromatic heterocycles. The van der Waals surface area contributed by atoms with Crippen LogP contribution < -0.4 is 0 Å². The molecule has 0 amide bonds. The number of nitrogens with zero attached hydrogens (tertiary/aromatic N) is 3. The predicted molar refractivity (Wildman–Crippen MR) is 297 cm³/mol. The van der Waals surface area contributed by atoms with Gasteiger partial charge < -0.3 is 5.11 Å². The predicted octanol–water partition coefficient (Wildman–Crippen LogP) is 17.9. The van der Waals surface area contributed by atoms with E-state index in [4.69, 9.17) is 13.2 Å². The van der Waals surface area contributed by atoms with Gasteiger partial charge in [0, 0.05) is 28.4 Å². The number of phenols is 1. The highest BCUT2D eigenvalue weighted by Gasteiger charge is 2.30. The van der Waals surface area contributed by atoms with Crippen molar-refractivity contribution in [3.05, 3.63) is 191 Å². The number of para-hydroxylation sites is 1. The van der Waals surface area contributed by atoms with Crippen molar-refractivity contribution in [2.24, 2.45) is 0 Å². The number of phenolic OH excluding ortho intramolecular Hbond substituents is 1. The van der Waals surface area contributed by atoms with Gasteiger partial charge in [0.1, 0.15) is 11.6 Å². The summed E-state index contributed by atoms with van der Waals surface area (Å²) >= 11 is 0. The fourth-order valence-corrected chi connectivity index (χ4v) is 9.19. The molecule has 9 rings (SSSR count). The highest BCUT2D eigenvalue weighted by atomic mass is 16.3. The summed E-state index contributed by atoms with van der Waals surface area (Å²) in [5.74, 6) is 0.703. The molecule has 9 aromatic rings. The lowest BCUT2D eigenvalue weighted by Gasteiger charge is -2.28. The first kappa shape index (κ1) is 39.8. The molecular formula is C66H69N3O. The lowest BCUT2D eigenvalue weighted by Crippen LogP contribution is -2.17. The van der Waals surface area contributed by atoms with Crippen molar-refractivity contribution in [3.63, 3.8) is 0 Å². The van der Waals surface area contributed by atoms with Gasteiger partial charge in [0.05, 0.1) is 37.6 Å². The van der Waals surface area contributed by atoms with E-state index < -0.39 is 23.0 Å². The van der Waals surface area contributed by atoms with E-state index in [2.05, 4.69) is 184 Å². The Balaban J connectivity index is 1.40. The number of rotatable bonds is 7. The smallest absolute Gasteiger partial charge is 0.149 e. The molecule has 1 N–H and O–H groups in total. The molecule has 0 unspecified atom stereocenters. The van der Waals surface area contributed by atoms with Crippen LogP contribution in [0.15, 0.2) is 158 Å². The Bertz CT molecular complexity index is 3800. The number of hydrogen-bond acceptors (Lipinski definition) is 3. The average Bonchev–Trinajstić information content (AvgIpc) is 3.85. The monoisotopic (exact) mass is 927 g/mol. The third-order valence-corrected chi connectivity index (χ3v) is 13.4. The van der Waals surface area contributed by atoms with Crippen LogP contribution in [0.1, 0.15) is 126 Å². The molecule has 0 bridgehead atoms. The van der Waals surface area contributed by atoms with Crippen molar-refractivity contribution >= 4 is 11.0 Å². The summed E-state index contributed by atoms with van der Waals surface area (Å²) in [6, 6.07) is 38.0. The van der Waals surface area contributed by atoms with Crippen molar-refractivity contribution in [3.8, 4) is 78.6 Å². The van der Waals surface area contributed by atoms with Gasteiger partial charge >= 0.3 is 0 Å². The first-order valence-electron chi connectivity index (χ1n) is 27.8. The maximum Gasteiger partial charge on any atom is 0.149 e. The molecule has 0 aliphatic heterocycles. The molecule has 0 aliphatic rings. The van der Waals surface area contributed by atoms with E-state index in [1.165, 1.54) is 12.5 Å². The van der Waals surface area contributed by atoms with Gasteiger partial charge in [-0.25, -0.2) is 4.98 Å². The van der Waals surface area contributed by atoms with Crippen molar-refractivity contribution in [2.45, 2.75) is 119 Å². The Labute approximate surface area is 427 Å². The topological polar surface area (TPSA) is 50.9 Å². The van der Waals surface area contributed by atoms with Gasteiger partial charge in [0.25, 0.3) is 0 Å². The van der Waals surface area contributed by atoms with E-state index in [1.807, 2.05) is 30.3 Å². The second-order valence-electron chi connectivity index (χ2n) is 23.0. The fourth-order valence-electron chi connectivity index (χ4n) is 9.19. The third-order valence-electron chi connectivity index (χ3n) is 13.4. The largest absolute Gasteiger partial charge is 0.507 e. The van der Waals surface area contributed by atoms with Crippen LogP contribution in [-0.4, -0.2) is 19.6 Å². The van der Waals surface area contributed by atoms with Crippen molar-refractivity contribution in [1.82, 2.24) is 14.5 Å². The summed E-state index contributed by atoms with van der Waals surface area (Å²) in [4.78, 5) is 10.2. The van der Waals surface area contributed by atoms with Gasteiger partial charge in [-0.1, -0.05) is 192 Å². The number of aryl methyl sites for hydroxylation is 1. The zero-order valence-electron chi connectivity index (χ0n) is 50.3. The van der Waals surface area contributed by atoms with E-state index >= 15 is 0 Å². The van der Waals surface area contributed by atoms with Crippen LogP contribution >= 0.6 is 0 Å². The van der Waals surface area contributed by atoms with Gasteiger partial charge in [-0.3, -0.25) is 9.55 Å². The summed E-state index contributed by atoms with van der Waals surface area (Å²) < 4.78 is 64.9. The van der Waals surface area contributed by atoms with E-state index in [9.17, 15) is 6.48 Å². The highest BCUT2D eigenvalue weighted by Crippen LogP contribution is 2.47. The molecule has 0 atom stereocenters. The maximum absolute atomic E-state index is 12.8. The summed E-state index contributed by atoms with van der Waals surface area (Å²) in [5, 5.41) is 12.8. The fraction of sp³-hybridized carbons (Fsp3) is 0.273. The second-order valence-corrected chi connectivity index (χ2v) is 23.0. The quantitative estimate of drug-likeness (QED) is 0.173. The van der Waals surface area contributed by atoms with Crippen LogP contribution in [0, 0.1) is 13.8 Å². The number of aromatic nitrogens is 3. The third kappa shape index (κ3) is 9.37. The van der Waals surface area contributed by atoms with Crippen LogP contribution in [0.4, 0.5) is 0 Å². The molecule has 0 aliphatic carbocycles. The number of hydrogen-bond donors (Lipinski definition) is 1. The van der Waals surface area contributed by atoms with Crippen LogP contribution in [0.2, 0.25) is 0 Å². The van der Waals surface area contributed by atoms with Crippen LogP contribution in [0.5, 0.6) is 5.75 Å². The van der Waals surface area contributed by atoms with E-state index in [1.54, 1.807) is 0 Å². The van der Waals surface area contributed by atoms with Crippen LogP contribution in [-0.2, 0) is 21.7 Å². The van der Waals surface area contributed by atoms with Crippen LogP contribution in [0.25, 0.3) is 83.9 Å². The summed E-state index contributed by atoms with van der Waals surface area (Å²) in [6.07, 6.45) is -0.457. The molecule has 0 saturated carbocycles. The standard InChI is InChI=1S/C66H69N3O/c1-41-23-25-43(26-24-41)46-31-32-67-57(37-46)48-34-47(35-50(36-48)64(6,7)8)52-21-18-22-58-60(52)68-62(55-38-51(65(9,10)11)39-56(61(55)70)66(12,13)14)69(58)59-33-42(2)53(44-19-16-15-17-20-44)40-54(59)45-27-29-49(30-28-45)63(3,4)5/h15-40,70H,1-14H3/i23D,24D,25D,26D,31D,32D,37D. The molecular weight excluding hydrogens is 851 g/mol. The number of imidazole rings is 1. The van der Waals surface area contributed by atoms with Gasteiger partial charge in [0.2, 0.25) is 0 Å². The summed E-state index contributed by atoms with van der Waals surface area (Å²) in [5.41, 5.74) is 12.7. The second kappa shape index (κ2) is 17.7. The van der Waals surface area contributed by atoms with Gasteiger partial charge in [-0.2, -0.15) is 0 Å². The van der Waals surface area contributed by atoms with Crippen molar-refractivity contribution in [2.75, 3.05) is 0 Å². The number of fused-ring (bicyclic) bond motifs is 1. The molecule has 0 fully saturated rings. The molecule has 0 saturated heterocycles.